The van der Waals surface area contributed by atoms with Gasteiger partial charge in [0.25, 0.3) is 0 Å². The Morgan fingerprint density at radius 3 is 2.89 bits per heavy atom. The predicted molar refractivity (Wildman–Crippen MR) is 71.5 cm³/mol. The van der Waals surface area contributed by atoms with Gasteiger partial charge in [-0.3, -0.25) is 4.90 Å². The van der Waals surface area contributed by atoms with Gasteiger partial charge in [0.1, 0.15) is 5.75 Å². The van der Waals surface area contributed by atoms with Crippen LogP contribution in [0.1, 0.15) is 18.6 Å². The normalized spacial score (nSPS) is 26.2. The Hall–Kier alpha value is -1.10. The van der Waals surface area contributed by atoms with Crippen molar-refractivity contribution in [1.82, 2.24) is 4.90 Å². The summed E-state index contributed by atoms with van der Waals surface area (Å²) in [7, 11) is 1.63. The van der Waals surface area contributed by atoms with E-state index in [0.717, 1.165) is 24.4 Å². The second kappa shape index (κ2) is 5.69. The molecule has 2 rings (SSSR count). The largest absolute Gasteiger partial charge is 0.497 e. The molecule has 0 saturated carbocycles. The first kappa shape index (κ1) is 13.3. The summed E-state index contributed by atoms with van der Waals surface area (Å²) in [4.78, 5) is 2.22. The Kier molecular flexibility index (Phi) is 4.22. The second-order valence-electron chi connectivity index (χ2n) is 5.15. The molecule has 4 heteroatoms. The molecule has 100 valence electrons. The lowest BCUT2D eigenvalue weighted by Crippen LogP contribution is -2.30. The van der Waals surface area contributed by atoms with Crippen LogP contribution in [0.5, 0.6) is 5.75 Å². The highest BCUT2D eigenvalue weighted by atomic mass is 16.5. The van der Waals surface area contributed by atoms with E-state index in [1.807, 2.05) is 24.3 Å². The van der Waals surface area contributed by atoms with Crippen LogP contribution in [0.15, 0.2) is 24.3 Å². The van der Waals surface area contributed by atoms with Crippen molar-refractivity contribution in [3.8, 4) is 5.75 Å². The maximum absolute atomic E-state index is 10.2. The number of benzene rings is 1. The number of hydrogen-bond donors (Lipinski definition) is 2. The molecular formula is C14H22N2O2. The van der Waals surface area contributed by atoms with Gasteiger partial charge in [-0.2, -0.15) is 0 Å². The Morgan fingerprint density at radius 2 is 2.28 bits per heavy atom. The maximum atomic E-state index is 10.2. The molecule has 18 heavy (non-hydrogen) atoms. The number of aliphatic hydroxyl groups excluding tert-OH is 1. The molecule has 1 heterocycles. The quantitative estimate of drug-likeness (QED) is 0.837. The van der Waals surface area contributed by atoms with Gasteiger partial charge in [0, 0.05) is 25.7 Å². The number of ether oxygens (including phenoxy) is 1. The monoisotopic (exact) mass is 250 g/mol. The van der Waals surface area contributed by atoms with Crippen molar-refractivity contribution < 1.29 is 9.84 Å². The van der Waals surface area contributed by atoms with Crippen LogP contribution in [0.4, 0.5) is 0 Å². The molecule has 0 amide bonds. The molecule has 3 unspecified atom stereocenters. The van der Waals surface area contributed by atoms with Crippen LogP contribution in [0.2, 0.25) is 0 Å². The first-order valence-electron chi connectivity index (χ1n) is 6.40. The molecule has 3 N–H and O–H groups in total. The molecule has 1 aliphatic heterocycles. The molecule has 0 radical (unpaired) electrons. The molecule has 0 spiro atoms. The molecular weight excluding hydrogens is 228 g/mol. The van der Waals surface area contributed by atoms with Gasteiger partial charge in [-0.15, -0.1) is 0 Å². The molecule has 3 atom stereocenters. The Bertz CT molecular complexity index is 387. The van der Waals surface area contributed by atoms with E-state index in [1.54, 1.807) is 7.11 Å². The van der Waals surface area contributed by atoms with Crippen LogP contribution in [0, 0.1) is 5.92 Å². The third-order valence-electron chi connectivity index (χ3n) is 3.66. The minimum Gasteiger partial charge on any atom is -0.497 e. The third kappa shape index (κ3) is 3.02. The molecule has 1 saturated heterocycles. The first-order chi connectivity index (χ1) is 8.60. The average Bonchev–Trinajstić information content (AvgIpc) is 2.68. The van der Waals surface area contributed by atoms with Crippen molar-refractivity contribution in [2.24, 2.45) is 11.7 Å². The molecule has 0 aliphatic carbocycles. The lowest BCUT2D eigenvalue weighted by atomic mass is 10.1. The number of aliphatic hydroxyl groups is 1. The van der Waals surface area contributed by atoms with Crippen molar-refractivity contribution in [3.63, 3.8) is 0 Å². The minimum atomic E-state index is -0.488. The van der Waals surface area contributed by atoms with Gasteiger partial charge in [0.2, 0.25) is 0 Å². The smallest absolute Gasteiger partial charge is 0.119 e. The zero-order valence-corrected chi connectivity index (χ0v) is 11.0. The van der Waals surface area contributed by atoms with Gasteiger partial charge < -0.3 is 15.6 Å². The van der Waals surface area contributed by atoms with Gasteiger partial charge in [-0.1, -0.05) is 19.1 Å². The third-order valence-corrected chi connectivity index (χ3v) is 3.66. The number of hydrogen-bond acceptors (Lipinski definition) is 4. The fourth-order valence-electron chi connectivity index (χ4n) is 2.44. The van der Waals surface area contributed by atoms with Crippen LogP contribution >= 0.6 is 0 Å². The number of nitrogens with two attached hydrogens (primary N) is 1. The van der Waals surface area contributed by atoms with Gasteiger partial charge in [0.15, 0.2) is 0 Å². The molecule has 1 aliphatic rings. The van der Waals surface area contributed by atoms with E-state index in [9.17, 15) is 5.11 Å². The molecule has 1 aromatic rings. The summed E-state index contributed by atoms with van der Waals surface area (Å²) >= 11 is 0. The lowest BCUT2D eigenvalue weighted by molar-refractivity contribution is 0.124. The minimum absolute atomic E-state index is 0.225. The predicted octanol–water partition coefficient (Wildman–Crippen LogP) is 1.01. The van der Waals surface area contributed by atoms with E-state index in [0.29, 0.717) is 12.5 Å². The van der Waals surface area contributed by atoms with E-state index in [4.69, 9.17) is 10.5 Å². The lowest BCUT2D eigenvalue weighted by Gasteiger charge is -2.20. The number of nitrogens with zero attached hydrogens (tertiary/aromatic N) is 1. The van der Waals surface area contributed by atoms with E-state index in [1.165, 1.54) is 0 Å². The van der Waals surface area contributed by atoms with Gasteiger partial charge in [-0.25, -0.2) is 0 Å². The summed E-state index contributed by atoms with van der Waals surface area (Å²) in [6.45, 7) is 4.61. The van der Waals surface area contributed by atoms with Crippen LogP contribution < -0.4 is 10.5 Å². The molecule has 0 aromatic heterocycles. The summed E-state index contributed by atoms with van der Waals surface area (Å²) < 4.78 is 5.16. The number of methoxy groups -OCH3 is 1. The average molecular weight is 250 g/mol. The topological polar surface area (TPSA) is 58.7 Å². The Morgan fingerprint density at radius 1 is 1.50 bits per heavy atom. The van der Waals surface area contributed by atoms with Gasteiger partial charge in [0.05, 0.1) is 13.2 Å². The molecule has 1 fully saturated rings. The maximum Gasteiger partial charge on any atom is 0.119 e. The fourth-order valence-corrected chi connectivity index (χ4v) is 2.44. The fraction of sp³-hybridized carbons (Fsp3) is 0.571. The number of likely N-dealkylation sites (tertiary alicyclic amines) is 1. The SMILES string of the molecule is COc1cccc(C(O)CN2CC(C)C(N)C2)c1. The van der Waals surface area contributed by atoms with E-state index in [-0.39, 0.29) is 6.04 Å². The van der Waals surface area contributed by atoms with Crippen molar-refractivity contribution in [3.05, 3.63) is 29.8 Å². The zero-order chi connectivity index (χ0) is 13.1. The van der Waals surface area contributed by atoms with Crippen molar-refractivity contribution in [1.29, 1.82) is 0 Å². The Labute approximate surface area is 108 Å². The van der Waals surface area contributed by atoms with Crippen LogP contribution in [-0.2, 0) is 0 Å². The summed E-state index contributed by atoms with van der Waals surface area (Å²) in [6.07, 6.45) is -0.488. The highest BCUT2D eigenvalue weighted by Gasteiger charge is 2.27. The Balaban J connectivity index is 1.97. The van der Waals surface area contributed by atoms with Crippen LogP contribution in [0.3, 0.4) is 0 Å². The van der Waals surface area contributed by atoms with Crippen molar-refractivity contribution in [2.75, 3.05) is 26.7 Å². The summed E-state index contributed by atoms with van der Waals surface area (Å²) in [5.74, 6) is 1.28. The second-order valence-corrected chi connectivity index (χ2v) is 5.15. The van der Waals surface area contributed by atoms with Crippen LogP contribution in [-0.4, -0.2) is 42.8 Å². The van der Waals surface area contributed by atoms with Gasteiger partial charge in [-0.05, 0) is 23.6 Å². The molecule has 1 aromatic carbocycles. The zero-order valence-electron chi connectivity index (χ0n) is 11.0. The molecule has 0 bridgehead atoms. The standard InChI is InChI=1S/C14H22N2O2/c1-10-7-16(8-13(10)15)9-14(17)11-4-3-5-12(6-11)18-2/h3-6,10,13-14,17H,7-9,15H2,1-2H3. The number of β-amino-alcohol motifs (C(OH)–C–C–N with tert-alkyl or cyclic N) is 1. The first-order valence-corrected chi connectivity index (χ1v) is 6.40. The van der Waals surface area contributed by atoms with Gasteiger partial charge >= 0.3 is 0 Å². The van der Waals surface area contributed by atoms with E-state index in [2.05, 4.69) is 11.8 Å². The number of rotatable bonds is 4. The van der Waals surface area contributed by atoms with Crippen molar-refractivity contribution in [2.45, 2.75) is 19.1 Å². The van der Waals surface area contributed by atoms with Crippen LogP contribution in [0.25, 0.3) is 0 Å². The molecule has 4 nitrogen and oxygen atoms in total. The highest BCUT2D eigenvalue weighted by Crippen LogP contribution is 2.22. The summed E-state index contributed by atoms with van der Waals surface area (Å²) in [5.41, 5.74) is 6.88. The van der Waals surface area contributed by atoms with Crippen molar-refractivity contribution >= 4 is 0 Å². The highest BCUT2D eigenvalue weighted by molar-refractivity contribution is 5.29. The summed E-state index contributed by atoms with van der Waals surface area (Å²) in [6, 6.07) is 7.80. The van der Waals surface area contributed by atoms with E-state index < -0.39 is 6.10 Å². The van der Waals surface area contributed by atoms with E-state index >= 15 is 0 Å². The summed E-state index contributed by atoms with van der Waals surface area (Å²) in [5, 5.41) is 10.2.